The average molecular weight is 310 g/mol. The van der Waals surface area contributed by atoms with Gasteiger partial charge in [0.25, 0.3) is 0 Å². The highest BCUT2D eigenvalue weighted by Gasteiger charge is 2.24. The minimum absolute atomic E-state index is 0.0423. The zero-order valence-electron chi connectivity index (χ0n) is 12.2. The molecule has 0 bridgehead atoms. The molecule has 0 aliphatic heterocycles. The van der Waals surface area contributed by atoms with Crippen LogP contribution in [0, 0.1) is 0 Å². The summed E-state index contributed by atoms with van der Waals surface area (Å²) in [7, 11) is 0. The van der Waals surface area contributed by atoms with Crippen molar-refractivity contribution < 1.29 is 14.7 Å². The van der Waals surface area contributed by atoms with Crippen LogP contribution in [0.2, 0.25) is 0 Å². The molecule has 2 rings (SSSR count). The fourth-order valence-corrected chi connectivity index (χ4v) is 2.78. The fraction of sp³-hybridized carbons (Fsp3) is 0.462. The van der Waals surface area contributed by atoms with Crippen molar-refractivity contribution >= 4 is 34.0 Å². The molecule has 0 atom stereocenters. The first-order valence-corrected chi connectivity index (χ1v) is 7.55. The van der Waals surface area contributed by atoms with E-state index in [2.05, 4.69) is 10.3 Å². The van der Waals surface area contributed by atoms with Gasteiger partial charge < -0.3 is 15.3 Å². The molecule has 0 aliphatic rings. The summed E-state index contributed by atoms with van der Waals surface area (Å²) in [6.45, 7) is 6.20. The van der Waals surface area contributed by atoms with Crippen LogP contribution >= 0.6 is 11.3 Å². The second kappa shape index (κ2) is 6.13. The molecule has 114 valence electrons. The third kappa shape index (κ3) is 3.15. The van der Waals surface area contributed by atoms with Crippen LogP contribution in [0.25, 0.3) is 4.96 Å². The van der Waals surface area contributed by atoms with Crippen LogP contribution in [-0.2, 0) is 4.79 Å². The van der Waals surface area contributed by atoms with Crippen molar-refractivity contribution in [1.82, 2.24) is 14.7 Å². The molecule has 0 saturated carbocycles. The maximum absolute atomic E-state index is 11.9. The van der Waals surface area contributed by atoms with Crippen molar-refractivity contribution in [2.24, 2.45) is 0 Å². The van der Waals surface area contributed by atoms with E-state index in [1.807, 2.05) is 20.8 Å². The average Bonchev–Trinajstić information content (AvgIpc) is 2.93. The second-order valence-corrected chi connectivity index (χ2v) is 5.75. The van der Waals surface area contributed by atoms with E-state index < -0.39 is 5.97 Å². The Bertz CT molecular complexity index is 661. The van der Waals surface area contributed by atoms with E-state index >= 15 is 0 Å². The van der Waals surface area contributed by atoms with Crippen LogP contribution in [0.3, 0.4) is 0 Å². The molecule has 0 unspecified atom stereocenters. The van der Waals surface area contributed by atoms with Crippen molar-refractivity contribution in [3.8, 4) is 0 Å². The van der Waals surface area contributed by atoms with Crippen molar-refractivity contribution in [2.45, 2.75) is 26.8 Å². The molecular formula is C13H18N4O3S. The highest BCUT2D eigenvalue weighted by atomic mass is 32.1. The molecule has 21 heavy (non-hydrogen) atoms. The molecule has 1 amide bonds. The first-order chi connectivity index (χ1) is 9.93. The quantitative estimate of drug-likeness (QED) is 0.843. The van der Waals surface area contributed by atoms with Crippen LogP contribution in [0.5, 0.6) is 0 Å². The minimum atomic E-state index is -1.06. The summed E-state index contributed by atoms with van der Waals surface area (Å²) in [6.07, 6.45) is 1.67. The van der Waals surface area contributed by atoms with E-state index in [4.69, 9.17) is 0 Å². The number of nitrogens with zero attached hydrogens (tertiary/aromatic N) is 3. The Labute approximate surface area is 126 Å². The molecule has 7 nitrogen and oxygen atoms in total. The number of imidazole rings is 1. The molecule has 2 N–H and O–H groups in total. The van der Waals surface area contributed by atoms with E-state index in [9.17, 15) is 14.7 Å². The second-order valence-electron chi connectivity index (χ2n) is 4.88. The third-order valence-corrected chi connectivity index (χ3v) is 3.67. The van der Waals surface area contributed by atoms with E-state index in [1.54, 1.807) is 16.5 Å². The SMILES string of the molecule is CCN(CC(=O)NC(C)C)c1nc2sccn2c1C(=O)O. The number of carbonyl (C=O) groups excluding carboxylic acids is 1. The summed E-state index contributed by atoms with van der Waals surface area (Å²) in [5.74, 6) is -0.881. The summed E-state index contributed by atoms with van der Waals surface area (Å²) >= 11 is 1.36. The van der Waals surface area contributed by atoms with Gasteiger partial charge in [0, 0.05) is 24.2 Å². The summed E-state index contributed by atoms with van der Waals surface area (Å²) < 4.78 is 1.53. The first kappa shape index (κ1) is 15.3. The summed E-state index contributed by atoms with van der Waals surface area (Å²) in [4.78, 5) is 30.0. The number of amides is 1. The monoisotopic (exact) mass is 310 g/mol. The van der Waals surface area contributed by atoms with E-state index in [-0.39, 0.29) is 24.2 Å². The number of hydrogen-bond acceptors (Lipinski definition) is 5. The Hall–Kier alpha value is -2.09. The zero-order chi connectivity index (χ0) is 15.6. The van der Waals surface area contributed by atoms with E-state index in [0.29, 0.717) is 17.3 Å². The van der Waals surface area contributed by atoms with Crippen LogP contribution in [0.1, 0.15) is 31.3 Å². The molecule has 2 aromatic heterocycles. The van der Waals surface area contributed by atoms with Gasteiger partial charge in [0.05, 0.1) is 6.54 Å². The number of hydrogen-bond donors (Lipinski definition) is 2. The standard InChI is InChI=1S/C13H18N4O3S/c1-4-16(7-9(18)14-8(2)3)11-10(12(19)20)17-5-6-21-13(17)15-11/h5-6,8H,4,7H2,1-3H3,(H,14,18)(H,19,20). The third-order valence-electron chi connectivity index (χ3n) is 2.91. The Morgan fingerprint density at radius 3 is 2.81 bits per heavy atom. The van der Waals surface area contributed by atoms with Gasteiger partial charge >= 0.3 is 5.97 Å². The van der Waals surface area contributed by atoms with Crippen LogP contribution < -0.4 is 10.2 Å². The molecule has 8 heteroatoms. The molecule has 2 heterocycles. The lowest BCUT2D eigenvalue weighted by Crippen LogP contribution is -2.40. The Kier molecular flexibility index (Phi) is 4.46. The zero-order valence-corrected chi connectivity index (χ0v) is 13.0. The number of aromatic carboxylic acids is 1. The van der Waals surface area contributed by atoms with Crippen LogP contribution in [0.15, 0.2) is 11.6 Å². The van der Waals surface area contributed by atoms with Crippen LogP contribution in [-0.4, -0.2) is 45.5 Å². The number of rotatable bonds is 6. The minimum Gasteiger partial charge on any atom is -0.476 e. The van der Waals surface area contributed by atoms with Crippen molar-refractivity contribution in [3.05, 3.63) is 17.3 Å². The van der Waals surface area contributed by atoms with Gasteiger partial charge in [-0.1, -0.05) is 0 Å². The van der Waals surface area contributed by atoms with E-state index in [1.165, 1.54) is 15.7 Å². The molecular weight excluding hydrogens is 292 g/mol. The Balaban J connectivity index is 2.33. The van der Waals surface area contributed by atoms with Gasteiger partial charge in [-0.15, -0.1) is 11.3 Å². The van der Waals surface area contributed by atoms with Crippen molar-refractivity contribution in [2.75, 3.05) is 18.0 Å². The number of anilines is 1. The topological polar surface area (TPSA) is 86.9 Å². The molecule has 0 fully saturated rings. The lowest BCUT2D eigenvalue weighted by atomic mass is 10.3. The number of carboxylic acid groups (broad SMARTS) is 1. The number of fused-ring (bicyclic) bond motifs is 1. The predicted octanol–water partition coefficient (Wildman–Crippen LogP) is 1.44. The summed E-state index contributed by atoms with van der Waals surface area (Å²) in [6, 6.07) is 0.0423. The maximum atomic E-state index is 11.9. The molecule has 0 aromatic carbocycles. The molecule has 0 aliphatic carbocycles. The van der Waals surface area contributed by atoms with Gasteiger partial charge in [-0.2, -0.15) is 0 Å². The lowest BCUT2D eigenvalue weighted by molar-refractivity contribution is -0.120. The van der Waals surface area contributed by atoms with Crippen molar-refractivity contribution in [3.63, 3.8) is 0 Å². The van der Waals surface area contributed by atoms with Gasteiger partial charge in [-0.05, 0) is 20.8 Å². The van der Waals surface area contributed by atoms with Crippen molar-refractivity contribution in [1.29, 1.82) is 0 Å². The van der Waals surface area contributed by atoms with Gasteiger partial charge in [0.1, 0.15) is 0 Å². The molecule has 0 spiro atoms. The molecule has 2 aromatic rings. The Morgan fingerprint density at radius 1 is 1.52 bits per heavy atom. The number of carbonyl (C=O) groups is 2. The number of carboxylic acids is 1. The maximum Gasteiger partial charge on any atom is 0.356 e. The number of aromatic nitrogens is 2. The van der Waals surface area contributed by atoms with Crippen LogP contribution in [0.4, 0.5) is 5.82 Å². The Morgan fingerprint density at radius 2 is 2.24 bits per heavy atom. The largest absolute Gasteiger partial charge is 0.476 e. The first-order valence-electron chi connectivity index (χ1n) is 6.67. The molecule has 0 saturated heterocycles. The summed E-state index contributed by atoms with van der Waals surface area (Å²) in [5.41, 5.74) is 0.0884. The van der Waals surface area contributed by atoms with Gasteiger partial charge in [-0.3, -0.25) is 9.20 Å². The highest BCUT2D eigenvalue weighted by Crippen LogP contribution is 2.24. The number of likely N-dealkylation sites (N-methyl/N-ethyl adjacent to an activating group) is 1. The number of thiazole rings is 1. The van der Waals surface area contributed by atoms with Gasteiger partial charge in [0.15, 0.2) is 16.5 Å². The fourth-order valence-electron chi connectivity index (χ4n) is 2.07. The van der Waals surface area contributed by atoms with E-state index in [0.717, 1.165) is 0 Å². The summed E-state index contributed by atoms with van der Waals surface area (Å²) in [5, 5.41) is 14.0. The van der Waals surface area contributed by atoms with Gasteiger partial charge in [0.2, 0.25) is 5.91 Å². The predicted molar refractivity (Wildman–Crippen MR) is 81.2 cm³/mol. The lowest BCUT2D eigenvalue weighted by Gasteiger charge is -2.21. The smallest absolute Gasteiger partial charge is 0.356 e. The molecule has 0 radical (unpaired) electrons. The van der Waals surface area contributed by atoms with Gasteiger partial charge in [-0.25, -0.2) is 9.78 Å². The highest BCUT2D eigenvalue weighted by molar-refractivity contribution is 7.15. The normalized spacial score (nSPS) is 11.0. The number of nitrogens with one attached hydrogen (secondary N) is 1.